The molecule has 0 rings (SSSR count). The topological polar surface area (TPSA) is 134 Å². The molecular formula is C69H114NO8P. The zero-order valence-electron chi connectivity index (χ0n) is 50.0. The maximum absolute atomic E-state index is 12.7. The van der Waals surface area contributed by atoms with Crippen LogP contribution in [-0.4, -0.2) is 49.3 Å². The number of esters is 2. The van der Waals surface area contributed by atoms with Crippen molar-refractivity contribution in [3.8, 4) is 0 Å². The molecule has 448 valence electrons. The fourth-order valence-electron chi connectivity index (χ4n) is 8.15. The van der Waals surface area contributed by atoms with Crippen molar-refractivity contribution in [1.82, 2.24) is 0 Å². The van der Waals surface area contributed by atoms with Crippen molar-refractivity contribution in [3.05, 3.63) is 146 Å². The van der Waals surface area contributed by atoms with Crippen molar-refractivity contribution >= 4 is 19.8 Å². The van der Waals surface area contributed by atoms with E-state index in [-0.39, 0.29) is 32.6 Å². The molecule has 9 nitrogen and oxygen atoms in total. The molecule has 0 radical (unpaired) electrons. The molecule has 0 amide bonds. The third kappa shape index (κ3) is 62.9. The second kappa shape index (κ2) is 63.1. The third-order valence-corrected chi connectivity index (χ3v) is 13.7. The Bertz CT molecular complexity index is 1800. The number of hydrogen-bond donors (Lipinski definition) is 2. The number of nitrogens with two attached hydrogens (primary N) is 1. The molecule has 79 heavy (non-hydrogen) atoms. The first kappa shape index (κ1) is 74.9. The molecule has 0 saturated carbocycles. The van der Waals surface area contributed by atoms with Crippen LogP contribution < -0.4 is 5.73 Å². The van der Waals surface area contributed by atoms with E-state index in [9.17, 15) is 19.0 Å². The van der Waals surface area contributed by atoms with Crippen LogP contribution in [0, 0.1) is 0 Å². The van der Waals surface area contributed by atoms with Gasteiger partial charge in [-0.15, -0.1) is 0 Å². The minimum absolute atomic E-state index is 0.0430. The molecule has 0 saturated heterocycles. The highest BCUT2D eigenvalue weighted by atomic mass is 31.2. The molecule has 0 aliphatic carbocycles. The third-order valence-electron chi connectivity index (χ3n) is 12.7. The van der Waals surface area contributed by atoms with Gasteiger partial charge in [-0.2, -0.15) is 0 Å². The summed E-state index contributed by atoms with van der Waals surface area (Å²) in [6.07, 6.45) is 90.6. The van der Waals surface area contributed by atoms with E-state index in [1.54, 1.807) is 0 Å². The summed E-state index contributed by atoms with van der Waals surface area (Å²) in [6, 6.07) is 0. The number of carbonyl (C=O) groups excluding carboxylic acids is 2. The van der Waals surface area contributed by atoms with E-state index >= 15 is 0 Å². The Balaban J connectivity index is 4.04. The summed E-state index contributed by atoms with van der Waals surface area (Å²) in [5.74, 6) is -0.860. The SMILES string of the molecule is CC/C=C\C/C=C\C/C=C\C/C=C\C/C=C\C/C=C\C/C=C\C/C=C\C/C=C\C/C=C\C/C=C\C/C=C\CCCCCCC(=O)OC(COC(=O)CCCCCCCCCCCCCCCCCCC)COP(=O)(O)OCCN. The van der Waals surface area contributed by atoms with Crippen LogP contribution in [0.5, 0.6) is 0 Å². The van der Waals surface area contributed by atoms with Crippen LogP contribution in [0.25, 0.3) is 0 Å². The highest BCUT2D eigenvalue weighted by Crippen LogP contribution is 2.43. The molecule has 0 aromatic carbocycles. The summed E-state index contributed by atoms with van der Waals surface area (Å²) in [5.41, 5.74) is 5.38. The molecular weight excluding hydrogens is 1000 g/mol. The lowest BCUT2D eigenvalue weighted by Crippen LogP contribution is -2.29. The first-order valence-electron chi connectivity index (χ1n) is 31.3. The maximum Gasteiger partial charge on any atom is 0.472 e. The van der Waals surface area contributed by atoms with Gasteiger partial charge in [-0.1, -0.05) is 275 Å². The van der Waals surface area contributed by atoms with Crippen LogP contribution >= 0.6 is 7.82 Å². The minimum Gasteiger partial charge on any atom is -0.462 e. The van der Waals surface area contributed by atoms with E-state index in [0.717, 1.165) is 122 Å². The van der Waals surface area contributed by atoms with Crippen molar-refractivity contribution in [2.45, 2.75) is 251 Å². The Morgan fingerprint density at radius 1 is 0.392 bits per heavy atom. The summed E-state index contributed by atoms with van der Waals surface area (Å²) >= 11 is 0. The minimum atomic E-state index is -4.40. The van der Waals surface area contributed by atoms with Crippen molar-refractivity contribution in [3.63, 3.8) is 0 Å². The maximum atomic E-state index is 12.7. The normalized spacial score (nSPS) is 14.0. The Morgan fingerprint density at radius 2 is 0.696 bits per heavy atom. The van der Waals surface area contributed by atoms with Gasteiger partial charge in [-0.3, -0.25) is 18.6 Å². The van der Waals surface area contributed by atoms with Crippen LogP contribution in [0.4, 0.5) is 0 Å². The number of phosphoric ester groups is 1. The van der Waals surface area contributed by atoms with E-state index < -0.39 is 32.5 Å². The summed E-state index contributed by atoms with van der Waals surface area (Å²) in [4.78, 5) is 35.2. The van der Waals surface area contributed by atoms with Gasteiger partial charge in [-0.25, -0.2) is 4.57 Å². The quantitative estimate of drug-likeness (QED) is 0.0264. The molecule has 0 bridgehead atoms. The Kier molecular flexibility index (Phi) is 59.8. The Morgan fingerprint density at radius 3 is 1.04 bits per heavy atom. The molecule has 0 aliphatic rings. The van der Waals surface area contributed by atoms with Gasteiger partial charge < -0.3 is 20.1 Å². The van der Waals surface area contributed by atoms with Gasteiger partial charge in [-0.05, 0) is 103 Å². The highest BCUT2D eigenvalue weighted by Gasteiger charge is 2.26. The first-order valence-corrected chi connectivity index (χ1v) is 32.8. The average molecular weight is 1120 g/mol. The summed E-state index contributed by atoms with van der Waals surface area (Å²) in [5, 5.41) is 0. The molecule has 0 aliphatic heterocycles. The lowest BCUT2D eigenvalue weighted by molar-refractivity contribution is -0.161. The fourth-order valence-corrected chi connectivity index (χ4v) is 8.91. The van der Waals surface area contributed by atoms with Crippen LogP contribution in [0.2, 0.25) is 0 Å². The van der Waals surface area contributed by atoms with Gasteiger partial charge in [0.2, 0.25) is 0 Å². The van der Waals surface area contributed by atoms with Gasteiger partial charge >= 0.3 is 19.8 Å². The largest absolute Gasteiger partial charge is 0.472 e. The lowest BCUT2D eigenvalue weighted by atomic mass is 10.0. The molecule has 2 unspecified atom stereocenters. The molecule has 0 fully saturated rings. The second-order valence-corrected chi connectivity index (χ2v) is 21.7. The fraction of sp³-hybridized carbons (Fsp3) is 0.623. The Labute approximate surface area is 484 Å². The molecule has 3 N–H and O–H groups in total. The van der Waals surface area contributed by atoms with Crippen molar-refractivity contribution in [1.29, 1.82) is 0 Å². The van der Waals surface area contributed by atoms with Crippen molar-refractivity contribution in [2.75, 3.05) is 26.4 Å². The predicted molar refractivity (Wildman–Crippen MR) is 339 cm³/mol. The first-order chi connectivity index (χ1) is 38.8. The zero-order chi connectivity index (χ0) is 57.3. The number of ether oxygens (including phenoxy) is 2. The number of allylic oxidation sites excluding steroid dienone is 24. The number of hydrogen-bond acceptors (Lipinski definition) is 8. The van der Waals surface area contributed by atoms with Gasteiger partial charge in [0.05, 0.1) is 13.2 Å². The monoisotopic (exact) mass is 1120 g/mol. The number of unbranched alkanes of at least 4 members (excludes halogenated alkanes) is 20. The van der Waals surface area contributed by atoms with E-state index in [1.165, 1.54) is 89.9 Å². The summed E-state index contributed by atoms with van der Waals surface area (Å²) in [6.45, 7) is 3.60. The zero-order valence-corrected chi connectivity index (χ0v) is 50.9. The number of rotatable bonds is 57. The average Bonchev–Trinajstić information content (AvgIpc) is 3.44. The summed E-state index contributed by atoms with van der Waals surface area (Å²) in [7, 11) is -4.40. The predicted octanol–water partition coefficient (Wildman–Crippen LogP) is 20.3. The smallest absolute Gasteiger partial charge is 0.462 e. The van der Waals surface area contributed by atoms with Crippen LogP contribution in [-0.2, 0) is 32.7 Å². The summed E-state index contributed by atoms with van der Waals surface area (Å²) < 4.78 is 33.0. The van der Waals surface area contributed by atoms with Crippen LogP contribution in [0.15, 0.2) is 146 Å². The second-order valence-electron chi connectivity index (χ2n) is 20.2. The van der Waals surface area contributed by atoms with E-state index in [1.807, 2.05) is 0 Å². The molecule has 0 heterocycles. The number of phosphoric acid groups is 1. The lowest BCUT2D eigenvalue weighted by Gasteiger charge is -2.19. The van der Waals surface area contributed by atoms with Crippen molar-refractivity contribution in [2.24, 2.45) is 5.73 Å². The van der Waals surface area contributed by atoms with Crippen LogP contribution in [0.1, 0.15) is 245 Å². The molecule has 10 heteroatoms. The Hall–Kier alpha value is -4.11. The van der Waals surface area contributed by atoms with Gasteiger partial charge in [0.15, 0.2) is 6.10 Å². The van der Waals surface area contributed by atoms with Gasteiger partial charge in [0.25, 0.3) is 0 Å². The molecule has 0 spiro atoms. The van der Waals surface area contributed by atoms with E-state index in [4.69, 9.17) is 24.3 Å². The number of carbonyl (C=O) groups is 2. The van der Waals surface area contributed by atoms with Gasteiger partial charge in [0, 0.05) is 19.4 Å². The van der Waals surface area contributed by atoms with Crippen molar-refractivity contribution < 1.29 is 37.6 Å². The molecule has 0 aromatic rings. The van der Waals surface area contributed by atoms with Gasteiger partial charge in [0.1, 0.15) is 6.61 Å². The van der Waals surface area contributed by atoms with Crippen LogP contribution in [0.3, 0.4) is 0 Å². The van der Waals surface area contributed by atoms with E-state index in [2.05, 4.69) is 160 Å². The highest BCUT2D eigenvalue weighted by molar-refractivity contribution is 7.47. The standard InChI is InChI=1S/C69H114NO8P/c1-3-5-7-9-11-13-15-17-19-21-22-23-24-25-26-27-28-29-30-31-32-33-34-35-36-37-38-39-40-41-42-43-44-46-48-50-52-54-56-58-60-62-69(72)78-67(66-77-79(73,74)76-64-63-70)65-75-68(71)61-59-57-55-53-51-49-47-45-20-18-16-14-12-10-8-6-4-2/h5,7,11,13,17,19,22-23,25-26,28-29,31-32,34-35,37-38,40-41,43-44,48,50,67H,3-4,6,8-10,12,14-16,18,20-21,24,27,30,33,36,39,42,45-47,49,51-66,70H2,1-2H3,(H,73,74)/b7-5-,13-11-,19-17-,23-22-,26-25-,29-28-,32-31-,35-34-,38-37-,41-40-,44-43-,50-48-. The molecule has 0 aromatic heterocycles. The molecule has 2 atom stereocenters. The van der Waals surface area contributed by atoms with E-state index in [0.29, 0.717) is 6.42 Å².